The van der Waals surface area contributed by atoms with Crippen molar-refractivity contribution < 1.29 is 5.11 Å². The average molecular weight is 298 g/mol. The molecule has 0 spiro atoms. The van der Waals surface area contributed by atoms with Crippen LogP contribution in [0, 0.1) is 0 Å². The van der Waals surface area contributed by atoms with Crippen LogP contribution in [0.4, 0.5) is 0 Å². The zero-order valence-electron chi connectivity index (χ0n) is 13.5. The van der Waals surface area contributed by atoms with Crippen LogP contribution < -0.4 is 5.32 Å². The SMILES string of the molecule is CC(C)(C)c1cc([C@@H]2CCN2)c(O)c(C(C)(C)C)c1.Cl. The Morgan fingerprint density at radius 1 is 1.05 bits per heavy atom. The van der Waals surface area contributed by atoms with Crippen molar-refractivity contribution in [2.45, 2.75) is 64.8 Å². The normalized spacial score (nSPS) is 19.2. The van der Waals surface area contributed by atoms with Crippen LogP contribution in [0.25, 0.3) is 0 Å². The van der Waals surface area contributed by atoms with Crippen molar-refractivity contribution in [2.75, 3.05) is 6.54 Å². The molecule has 2 N–H and O–H groups in total. The van der Waals surface area contributed by atoms with Crippen LogP contribution in [-0.2, 0) is 10.8 Å². The number of rotatable bonds is 1. The molecule has 1 heterocycles. The van der Waals surface area contributed by atoms with Gasteiger partial charge >= 0.3 is 0 Å². The summed E-state index contributed by atoms with van der Waals surface area (Å²) >= 11 is 0. The van der Waals surface area contributed by atoms with Crippen molar-refractivity contribution in [3.63, 3.8) is 0 Å². The van der Waals surface area contributed by atoms with E-state index in [2.05, 4.69) is 59.0 Å². The molecule has 3 heteroatoms. The van der Waals surface area contributed by atoms with Gasteiger partial charge in [-0.3, -0.25) is 0 Å². The Morgan fingerprint density at radius 2 is 1.60 bits per heavy atom. The molecule has 1 aromatic rings. The first-order valence-corrected chi connectivity index (χ1v) is 7.22. The van der Waals surface area contributed by atoms with Crippen LogP contribution in [0.1, 0.15) is 70.7 Å². The average Bonchev–Trinajstić information content (AvgIpc) is 2.14. The Hall–Kier alpha value is -0.730. The van der Waals surface area contributed by atoms with Crippen LogP contribution in [-0.4, -0.2) is 11.7 Å². The van der Waals surface area contributed by atoms with Gasteiger partial charge in [-0.25, -0.2) is 0 Å². The fourth-order valence-corrected chi connectivity index (χ4v) is 2.48. The zero-order chi connectivity index (χ0) is 14.4. The molecule has 1 aliphatic heterocycles. The first-order chi connectivity index (χ1) is 8.60. The molecule has 1 aromatic carbocycles. The Bertz CT molecular complexity index is 479. The summed E-state index contributed by atoms with van der Waals surface area (Å²) in [5, 5.41) is 14.0. The highest BCUT2D eigenvalue weighted by atomic mass is 35.5. The minimum Gasteiger partial charge on any atom is -0.507 e. The molecule has 0 radical (unpaired) electrons. The Kier molecular flexibility index (Phi) is 4.83. The van der Waals surface area contributed by atoms with Gasteiger partial charge in [-0.15, -0.1) is 12.4 Å². The van der Waals surface area contributed by atoms with Crippen LogP contribution in [0.3, 0.4) is 0 Å². The lowest BCUT2D eigenvalue weighted by Gasteiger charge is -2.33. The highest BCUT2D eigenvalue weighted by Gasteiger charge is 2.29. The first kappa shape index (κ1) is 17.3. The molecule has 2 nitrogen and oxygen atoms in total. The zero-order valence-corrected chi connectivity index (χ0v) is 14.3. The van der Waals surface area contributed by atoms with E-state index in [9.17, 15) is 5.11 Å². The summed E-state index contributed by atoms with van der Waals surface area (Å²) in [5.74, 6) is 0.484. The topological polar surface area (TPSA) is 32.3 Å². The second-order valence-electron chi connectivity index (χ2n) is 7.76. The molecule has 1 saturated heterocycles. The van der Waals surface area contributed by atoms with Gasteiger partial charge < -0.3 is 10.4 Å². The molecular formula is C17H28ClNO. The van der Waals surface area contributed by atoms with Gasteiger partial charge in [0.05, 0.1) is 0 Å². The van der Waals surface area contributed by atoms with Gasteiger partial charge in [0.25, 0.3) is 0 Å². The monoisotopic (exact) mass is 297 g/mol. The largest absolute Gasteiger partial charge is 0.507 e. The number of phenols is 1. The van der Waals surface area contributed by atoms with E-state index in [1.54, 1.807) is 0 Å². The third-order valence-corrected chi connectivity index (χ3v) is 4.01. The molecule has 0 aliphatic carbocycles. The Morgan fingerprint density at radius 3 is 1.95 bits per heavy atom. The standard InChI is InChI=1S/C17H27NO.ClH/c1-16(2,3)11-9-12(14-7-8-18-14)15(19)13(10-11)17(4,5)6;/h9-10,14,18-19H,7-8H2,1-6H3;1H/t14-;/m0./s1. The fraction of sp³-hybridized carbons (Fsp3) is 0.647. The van der Waals surface area contributed by atoms with Gasteiger partial charge in [-0.2, -0.15) is 0 Å². The van der Waals surface area contributed by atoms with E-state index in [-0.39, 0.29) is 23.2 Å². The number of benzene rings is 1. The molecule has 20 heavy (non-hydrogen) atoms. The predicted octanol–water partition coefficient (Wildman–Crippen LogP) is 4.44. The number of aromatic hydroxyl groups is 1. The number of phenolic OH excluding ortho intramolecular Hbond substituents is 1. The molecule has 0 saturated carbocycles. The number of hydrogen-bond acceptors (Lipinski definition) is 2. The summed E-state index contributed by atoms with van der Waals surface area (Å²) in [6.07, 6.45) is 1.12. The van der Waals surface area contributed by atoms with Gasteiger partial charge in [0, 0.05) is 11.6 Å². The summed E-state index contributed by atoms with van der Waals surface area (Å²) in [5.41, 5.74) is 3.50. The van der Waals surface area contributed by atoms with Crippen molar-refractivity contribution >= 4 is 12.4 Å². The predicted molar refractivity (Wildman–Crippen MR) is 88.1 cm³/mol. The molecule has 0 bridgehead atoms. The Labute approximate surface area is 129 Å². The van der Waals surface area contributed by atoms with Crippen molar-refractivity contribution in [1.82, 2.24) is 5.32 Å². The molecule has 2 rings (SSSR count). The van der Waals surface area contributed by atoms with Gasteiger partial charge in [0.2, 0.25) is 0 Å². The van der Waals surface area contributed by atoms with E-state index >= 15 is 0 Å². The summed E-state index contributed by atoms with van der Waals surface area (Å²) < 4.78 is 0. The van der Waals surface area contributed by atoms with Crippen molar-refractivity contribution in [3.05, 3.63) is 28.8 Å². The third kappa shape index (κ3) is 3.29. The van der Waals surface area contributed by atoms with Crippen molar-refractivity contribution in [1.29, 1.82) is 0 Å². The summed E-state index contributed by atoms with van der Waals surface area (Å²) in [6, 6.07) is 4.68. The second-order valence-corrected chi connectivity index (χ2v) is 7.76. The van der Waals surface area contributed by atoms with Gasteiger partial charge in [-0.05, 0) is 41.0 Å². The van der Waals surface area contributed by atoms with Crippen LogP contribution >= 0.6 is 12.4 Å². The molecule has 0 unspecified atom stereocenters. The van der Waals surface area contributed by atoms with E-state index in [1.165, 1.54) is 5.56 Å². The number of hydrogen-bond donors (Lipinski definition) is 2. The second kappa shape index (κ2) is 5.57. The molecule has 1 aliphatic rings. The fourth-order valence-electron chi connectivity index (χ4n) is 2.48. The van der Waals surface area contributed by atoms with E-state index in [4.69, 9.17) is 0 Å². The number of halogens is 1. The minimum absolute atomic E-state index is 0. The van der Waals surface area contributed by atoms with E-state index in [0.717, 1.165) is 24.1 Å². The summed E-state index contributed by atoms with van der Waals surface area (Å²) in [4.78, 5) is 0. The minimum atomic E-state index is -0.0379. The molecule has 114 valence electrons. The summed E-state index contributed by atoms with van der Waals surface area (Å²) in [6.45, 7) is 14.2. The van der Waals surface area contributed by atoms with Crippen molar-refractivity contribution in [2.24, 2.45) is 0 Å². The van der Waals surface area contributed by atoms with Crippen LogP contribution in [0.2, 0.25) is 0 Å². The highest BCUT2D eigenvalue weighted by molar-refractivity contribution is 5.85. The molecular weight excluding hydrogens is 270 g/mol. The van der Waals surface area contributed by atoms with Gasteiger partial charge in [0.15, 0.2) is 0 Å². The first-order valence-electron chi connectivity index (χ1n) is 7.22. The van der Waals surface area contributed by atoms with E-state index < -0.39 is 0 Å². The number of nitrogens with one attached hydrogen (secondary N) is 1. The molecule has 0 aromatic heterocycles. The highest BCUT2D eigenvalue weighted by Crippen LogP contribution is 2.41. The maximum absolute atomic E-state index is 10.6. The van der Waals surface area contributed by atoms with Crippen LogP contribution in [0.15, 0.2) is 12.1 Å². The van der Waals surface area contributed by atoms with E-state index in [0.29, 0.717) is 11.8 Å². The maximum atomic E-state index is 10.6. The molecule has 1 atom stereocenters. The lowest BCUT2D eigenvalue weighted by Crippen LogP contribution is -2.35. The smallest absolute Gasteiger partial charge is 0.124 e. The quantitative estimate of drug-likeness (QED) is 0.803. The maximum Gasteiger partial charge on any atom is 0.124 e. The Balaban J connectivity index is 0.00000200. The van der Waals surface area contributed by atoms with Gasteiger partial charge in [0.1, 0.15) is 5.75 Å². The van der Waals surface area contributed by atoms with Crippen LogP contribution in [0.5, 0.6) is 5.75 Å². The third-order valence-electron chi connectivity index (χ3n) is 4.01. The molecule has 0 amide bonds. The van der Waals surface area contributed by atoms with E-state index in [1.807, 2.05) is 0 Å². The lowest BCUT2D eigenvalue weighted by molar-refractivity contribution is 0.358. The summed E-state index contributed by atoms with van der Waals surface area (Å²) in [7, 11) is 0. The molecule has 1 fully saturated rings. The van der Waals surface area contributed by atoms with Gasteiger partial charge in [-0.1, -0.05) is 47.6 Å². The van der Waals surface area contributed by atoms with Crippen molar-refractivity contribution in [3.8, 4) is 5.75 Å². The lowest BCUT2D eigenvalue weighted by atomic mass is 9.77.